The highest BCUT2D eigenvalue weighted by atomic mass is 35.5. The number of hydrogen-bond donors (Lipinski definition) is 2. The Labute approximate surface area is 135 Å². The summed E-state index contributed by atoms with van der Waals surface area (Å²) in [4.78, 5) is 10.6. The van der Waals surface area contributed by atoms with Crippen molar-refractivity contribution in [1.82, 2.24) is 4.72 Å². The van der Waals surface area contributed by atoms with Gasteiger partial charge in [0.05, 0.1) is 10.6 Å². The van der Waals surface area contributed by atoms with E-state index in [-0.39, 0.29) is 17.3 Å². The molecule has 0 aliphatic carbocycles. The van der Waals surface area contributed by atoms with Crippen LogP contribution in [0.5, 0.6) is 0 Å². The quantitative estimate of drug-likeness (QED) is 0.757. The van der Waals surface area contributed by atoms with Crippen LogP contribution in [-0.2, 0) is 20.8 Å². The number of rotatable bonds is 7. The van der Waals surface area contributed by atoms with Gasteiger partial charge in [-0.15, -0.1) is 0 Å². The molecule has 0 heterocycles. The zero-order valence-corrected chi connectivity index (χ0v) is 14.1. The summed E-state index contributed by atoms with van der Waals surface area (Å²) in [6.07, 6.45) is 0. The van der Waals surface area contributed by atoms with Crippen molar-refractivity contribution >= 4 is 50.0 Å². The SMILES string of the molecule is CCS(=O)CCNS(=O)(=O)c1cc(Cl)cc(C(=O)O)c1Cl. The number of carboxylic acid groups (broad SMARTS) is 1. The molecule has 0 saturated carbocycles. The molecule has 10 heteroatoms. The number of aromatic carboxylic acids is 1. The second kappa shape index (κ2) is 7.55. The molecule has 0 saturated heterocycles. The van der Waals surface area contributed by atoms with Crippen LogP contribution in [0.25, 0.3) is 0 Å². The van der Waals surface area contributed by atoms with Crippen molar-refractivity contribution in [3.63, 3.8) is 0 Å². The molecule has 0 amide bonds. The van der Waals surface area contributed by atoms with Crippen LogP contribution in [0.15, 0.2) is 17.0 Å². The van der Waals surface area contributed by atoms with Crippen molar-refractivity contribution in [2.75, 3.05) is 18.1 Å². The zero-order valence-electron chi connectivity index (χ0n) is 10.9. The maximum Gasteiger partial charge on any atom is 0.337 e. The van der Waals surface area contributed by atoms with E-state index in [0.29, 0.717) is 5.75 Å². The average Bonchev–Trinajstić information content (AvgIpc) is 2.40. The fourth-order valence-corrected chi connectivity index (χ4v) is 4.11. The summed E-state index contributed by atoms with van der Waals surface area (Å²) in [5.74, 6) is -0.811. The summed E-state index contributed by atoms with van der Waals surface area (Å²) in [6.45, 7) is 1.67. The summed E-state index contributed by atoms with van der Waals surface area (Å²) < 4.78 is 37.7. The Morgan fingerprint density at radius 1 is 1.38 bits per heavy atom. The van der Waals surface area contributed by atoms with Crippen molar-refractivity contribution in [2.45, 2.75) is 11.8 Å². The van der Waals surface area contributed by atoms with Gasteiger partial charge >= 0.3 is 5.97 Å². The zero-order chi connectivity index (χ0) is 16.2. The molecular weight excluding hydrogens is 361 g/mol. The molecule has 1 aromatic carbocycles. The molecule has 21 heavy (non-hydrogen) atoms. The van der Waals surface area contributed by atoms with E-state index in [4.69, 9.17) is 28.3 Å². The van der Waals surface area contributed by atoms with Crippen molar-refractivity contribution in [1.29, 1.82) is 0 Å². The van der Waals surface area contributed by atoms with Crippen molar-refractivity contribution in [2.24, 2.45) is 0 Å². The first-order valence-electron chi connectivity index (χ1n) is 5.76. The molecule has 0 aliphatic rings. The van der Waals surface area contributed by atoms with Crippen LogP contribution < -0.4 is 4.72 Å². The fourth-order valence-electron chi connectivity index (χ4n) is 1.43. The van der Waals surface area contributed by atoms with Gasteiger partial charge in [0.1, 0.15) is 4.90 Å². The highest BCUT2D eigenvalue weighted by molar-refractivity contribution is 7.89. The highest BCUT2D eigenvalue weighted by Gasteiger charge is 2.23. The van der Waals surface area contributed by atoms with Crippen molar-refractivity contribution in [3.05, 3.63) is 27.7 Å². The number of carboxylic acids is 1. The molecule has 0 spiro atoms. The van der Waals surface area contributed by atoms with Gasteiger partial charge in [-0.3, -0.25) is 4.21 Å². The molecule has 1 atom stereocenters. The standard InChI is InChI=1S/C11H13Cl2NO5S2/c1-2-20(17)4-3-14-21(18,19)9-6-7(12)5-8(10(9)13)11(15)16/h5-6,14H,2-4H2,1H3,(H,15,16). The lowest BCUT2D eigenvalue weighted by Crippen LogP contribution is -2.28. The molecule has 1 rings (SSSR count). The number of benzene rings is 1. The predicted octanol–water partition coefficient (Wildman–Crippen LogP) is 1.74. The Morgan fingerprint density at radius 2 is 2.00 bits per heavy atom. The highest BCUT2D eigenvalue weighted by Crippen LogP contribution is 2.29. The van der Waals surface area contributed by atoms with E-state index in [1.165, 1.54) is 0 Å². The smallest absolute Gasteiger partial charge is 0.337 e. The minimum Gasteiger partial charge on any atom is -0.478 e. The fraction of sp³-hybridized carbons (Fsp3) is 0.364. The second-order valence-electron chi connectivity index (χ2n) is 3.90. The van der Waals surface area contributed by atoms with Crippen LogP contribution in [0.4, 0.5) is 0 Å². The molecule has 0 aromatic heterocycles. The summed E-state index contributed by atoms with van der Waals surface area (Å²) in [5, 5.41) is 8.48. The van der Waals surface area contributed by atoms with Gasteiger partial charge in [0, 0.05) is 33.9 Å². The van der Waals surface area contributed by atoms with E-state index < -0.39 is 42.3 Å². The lowest BCUT2D eigenvalue weighted by molar-refractivity contribution is 0.0697. The lowest BCUT2D eigenvalue weighted by Gasteiger charge is -2.10. The molecule has 118 valence electrons. The Hall–Kier alpha value is -0.670. The lowest BCUT2D eigenvalue weighted by atomic mass is 10.2. The first kappa shape index (κ1) is 18.4. The molecule has 0 aliphatic heterocycles. The maximum absolute atomic E-state index is 12.1. The topological polar surface area (TPSA) is 101 Å². The maximum atomic E-state index is 12.1. The molecule has 0 bridgehead atoms. The van der Waals surface area contributed by atoms with Gasteiger partial charge in [-0.25, -0.2) is 17.9 Å². The summed E-state index contributed by atoms with van der Waals surface area (Å²) in [7, 11) is -5.16. The third-order valence-electron chi connectivity index (χ3n) is 2.47. The van der Waals surface area contributed by atoms with Crippen LogP contribution in [-0.4, -0.2) is 41.8 Å². The number of nitrogens with one attached hydrogen (secondary N) is 1. The monoisotopic (exact) mass is 373 g/mol. The number of sulfonamides is 1. The molecule has 0 radical (unpaired) electrons. The number of hydrogen-bond acceptors (Lipinski definition) is 4. The summed E-state index contributed by atoms with van der Waals surface area (Å²) >= 11 is 11.5. The van der Waals surface area contributed by atoms with E-state index in [9.17, 15) is 17.4 Å². The van der Waals surface area contributed by atoms with Crippen LogP contribution >= 0.6 is 23.2 Å². The Bertz CT molecular complexity index is 675. The van der Waals surface area contributed by atoms with Crippen molar-refractivity contribution < 1.29 is 22.5 Å². The van der Waals surface area contributed by atoms with Gasteiger partial charge in [-0.05, 0) is 12.1 Å². The first-order valence-corrected chi connectivity index (χ1v) is 9.48. The second-order valence-corrected chi connectivity index (χ2v) is 8.32. The van der Waals surface area contributed by atoms with Crippen LogP contribution in [0, 0.1) is 0 Å². The van der Waals surface area contributed by atoms with Crippen LogP contribution in [0.2, 0.25) is 10.0 Å². The van der Waals surface area contributed by atoms with Gasteiger partial charge in [0.25, 0.3) is 0 Å². The van der Waals surface area contributed by atoms with E-state index in [2.05, 4.69) is 4.72 Å². The molecular formula is C11H13Cl2NO5S2. The molecule has 6 nitrogen and oxygen atoms in total. The summed E-state index contributed by atoms with van der Waals surface area (Å²) in [6, 6.07) is 2.13. The Kier molecular flexibility index (Phi) is 6.61. The number of carbonyl (C=O) groups is 1. The Balaban J connectivity index is 3.08. The molecule has 1 aromatic rings. The van der Waals surface area contributed by atoms with Crippen molar-refractivity contribution in [3.8, 4) is 0 Å². The third kappa shape index (κ3) is 4.93. The normalized spacial score (nSPS) is 13.1. The summed E-state index contributed by atoms with van der Waals surface area (Å²) in [5.41, 5.74) is -0.401. The van der Waals surface area contributed by atoms with Gasteiger partial charge in [-0.2, -0.15) is 0 Å². The van der Waals surface area contributed by atoms with Gasteiger partial charge < -0.3 is 5.11 Å². The Morgan fingerprint density at radius 3 is 2.52 bits per heavy atom. The minimum atomic E-state index is -4.04. The van der Waals surface area contributed by atoms with E-state index >= 15 is 0 Å². The predicted molar refractivity (Wildman–Crippen MR) is 82.2 cm³/mol. The minimum absolute atomic E-state index is 0.0476. The van der Waals surface area contributed by atoms with E-state index in [0.717, 1.165) is 12.1 Å². The first-order chi connectivity index (χ1) is 9.69. The van der Waals surface area contributed by atoms with Gasteiger partial charge in [-0.1, -0.05) is 30.1 Å². The largest absolute Gasteiger partial charge is 0.478 e. The third-order valence-corrected chi connectivity index (χ3v) is 5.99. The van der Waals surface area contributed by atoms with Crippen LogP contribution in [0.1, 0.15) is 17.3 Å². The van der Waals surface area contributed by atoms with E-state index in [1.54, 1.807) is 6.92 Å². The van der Waals surface area contributed by atoms with E-state index in [1.807, 2.05) is 0 Å². The van der Waals surface area contributed by atoms with Gasteiger partial charge in [0.15, 0.2) is 0 Å². The average molecular weight is 374 g/mol. The molecule has 2 N–H and O–H groups in total. The molecule has 0 fully saturated rings. The van der Waals surface area contributed by atoms with Gasteiger partial charge in [0.2, 0.25) is 10.0 Å². The molecule has 1 unspecified atom stereocenters. The number of halogens is 2. The van der Waals surface area contributed by atoms with Crippen LogP contribution in [0.3, 0.4) is 0 Å².